The Kier molecular flexibility index (Phi) is 5.03. The van der Waals surface area contributed by atoms with Crippen LogP contribution in [-0.4, -0.2) is 23.3 Å². The van der Waals surface area contributed by atoms with Crippen LogP contribution in [0.2, 0.25) is 5.02 Å². The number of rotatable bonds is 3. The molecule has 25 heavy (non-hydrogen) atoms. The van der Waals surface area contributed by atoms with E-state index in [0.29, 0.717) is 0 Å². The van der Waals surface area contributed by atoms with Gasteiger partial charge in [0.15, 0.2) is 0 Å². The van der Waals surface area contributed by atoms with Crippen LogP contribution in [0.3, 0.4) is 0 Å². The Bertz CT molecular complexity index is 767. The minimum atomic E-state index is -4.67. The van der Waals surface area contributed by atoms with Gasteiger partial charge in [-0.3, -0.25) is 4.79 Å². The van der Waals surface area contributed by atoms with Crippen LogP contribution >= 0.6 is 11.6 Å². The Morgan fingerprint density at radius 1 is 1.16 bits per heavy atom. The Labute approximate surface area is 141 Å². The second kappa shape index (κ2) is 6.58. The van der Waals surface area contributed by atoms with Crippen LogP contribution in [0.25, 0.3) is 11.3 Å². The maximum Gasteiger partial charge on any atom is 0.416 e. The quantitative estimate of drug-likeness (QED) is 0.778. The summed E-state index contributed by atoms with van der Waals surface area (Å²) in [6, 6.07) is 1.48. The largest absolute Gasteiger partial charge is 0.416 e. The average Bonchev–Trinajstić information content (AvgIpc) is 2.87. The van der Waals surface area contributed by atoms with Crippen molar-refractivity contribution in [1.29, 1.82) is 0 Å². The summed E-state index contributed by atoms with van der Waals surface area (Å²) in [5, 5.41) is 4.67. The van der Waals surface area contributed by atoms with E-state index in [9.17, 15) is 31.1 Å². The molecule has 1 aromatic heterocycles. The summed E-state index contributed by atoms with van der Waals surface area (Å²) in [5.41, 5.74) is -0.974. The molecule has 0 saturated carbocycles. The number of carbonyl (C=O) groups excluding carboxylic acids is 1. The van der Waals surface area contributed by atoms with Crippen LogP contribution in [0.15, 0.2) is 28.8 Å². The molecule has 2 aromatic rings. The fraction of sp³-hybridized carbons (Fsp3) is 0.286. The third-order valence-electron chi connectivity index (χ3n) is 3.17. The summed E-state index contributed by atoms with van der Waals surface area (Å²) in [5.74, 6) is -1.92. The molecule has 0 radical (unpaired) electrons. The number of benzene rings is 1. The fourth-order valence-electron chi connectivity index (χ4n) is 1.76. The predicted octanol–water partition coefficient (Wildman–Crippen LogP) is 4.69. The van der Waals surface area contributed by atoms with Gasteiger partial charge in [-0.2, -0.15) is 26.3 Å². The van der Waals surface area contributed by atoms with E-state index in [-0.39, 0.29) is 11.3 Å². The number of halogens is 7. The third kappa shape index (κ3) is 4.25. The van der Waals surface area contributed by atoms with E-state index < -0.39 is 40.6 Å². The van der Waals surface area contributed by atoms with Gasteiger partial charge in [0, 0.05) is 5.56 Å². The molecule has 2 rings (SSSR count). The normalized spacial score (nSPS) is 13.6. The summed E-state index contributed by atoms with van der Waals surface area (Å²) >= 11 is 5.86. The molecule has 0 unspecified atom stereocenters. The first-order valence-electron chi connectivity index (χ1n) is 6.61. The molecule has 136 valence electrons. The van der Waals surface area contributed by atoms with Gasteiger partial charge in [0.2, 0.25) is 5.76 Å². The molecular weight excluding hydrogens is 378 g/mol. The second-order valence-electron chi connectivity index (χ2n) is 4.99. The van der Waals surface area contributed by atoms with Crippen LogP contribution in [0.4, 0.5) is 26.3 Å². The molecule has 0 saturated heterocycles. The Morgan fingerprint density at radius 2 is 1.72 bits per heavy atom. The first-order chi connectivity index (χ1) is 11.4. The number of alkyl halides is 6. The monoisotopic (exact) mass is 386 g/mol. The summed E-state index contributed by atoms with van der Waals surface area (Å²) in [6.07, 6.45) is -9.21. The lowest BCUT2D eigenvalue weighted by Gasteiger charge is -2.16. The maximum absolute atomic E-state index is 12.5. The number of nitrogens with one attached hydrogen (secondary N) is 1. The number of amides is 1. The van der Waals surface area contributed by atoms with Crippen molar-refractivity contribution in [2.24, 2.45) is 0 Å². The van der Waals surface area contributed by atoms with Crippen molar-refractivity contribution in [1.82, 2.24) is 10.5 Å². The van der Waals surface area contributed by atoms with E-state index in [4.69, 9.17) is 11.6 Å². The van der Waals surface area contributed by atoms with E-state index in [1.807, 2.05) is 0 Å². The molecule has 0 spiro atoms. The molecule has 1 aromatic carbocycles. The number of aromatic nitrogens is 1. The van der Waals surface area contributed by atoms with Gasteiger partial charge in [0.05, 0.1) is 5.56 Å². The molecule has 11 heteroatoms. The highest BCUT2D eigenvalue weighted by atomic mass is 35.5. The van der Waals surface area contributed by atoms with E-state index >= 15 is 0 Å². The molecule has 0 fully saturated rings. The minimum absolute atomic E-state index is 0.102. The van der Waals surface area contributed by atoms with E-state index in [1.165, 1.54) is 0 Å². The van der Waals surface area contributed by atoms with Gasteiger partial charge in [-0.15, -0.1) is 0 Å². The van der Waals surface area contributed by atoms with Crippen LogP contribution < -0.4 is 5.32 Å². The first kappa shape index (κ1) is 19.1. The molecule has 0 aliphatic carbocycles. The van der Waals surface area contributed by atoms with Crippen molar-refractivity contribution in [3.63, 3.8) is 0 Å². The van der Waals surface area contributed by atoms with Gasteiger partial charge in [0.1, 0.15) is 16.8 Å². The molecule has 4 nitrogen and oxygen atoms in total. The first-order valence-corrected chi connectivity index (χ1v) is 6.99. The van der Waals surface area contributed by atoms with Crippen molar-refractivity contribution in [3.05, 3.63) is 40.6 Å². The zero-order valence-corrected chi connectivity index (χ0v) is 13.1. The molecule has 1 amide bonds. The van der Waals surface area contributed by atoms with Crippen LogP contribution in [0.5, 0.6) is 0 Å². The van der Waals surface area contributed by atoms with Crippen molar-refractivity contribution < 1.29 is 35.7 Å². The summed E-state index contributed by atoms with van der Waals surface area (Å²) in [6.45, 7) is 0.721. The van der Waals surface area contributed by atoms with Gasteiger partial charge in [0.25, 0.3) is 5.91 Å². The van der Waals surface area contributed by atoms with Crippen LogP contribution in [0.1, 0.15) is 23.0 Å². The Balaban J connectivity index is 2.25. The summed E-state index contributed by atoms with van der Waals surface area (Å²) in [7, 11) is 0. The molecule has 1 atom stereocenters. The molecule has 0 bridgehead atoms. The SMILES string of the molecule is C[C@H](NC(=O)c1onc(-c2ccc(C(F)(F)F)cc2)c1Cl)C(F)(F)F. The number of hydrogen-bond donors (Lipinski definition) is 1. The highest BCUT2D eigenvalue weighted by Gasteiger charge is 2.38. The van der Waals surface area contributed by atoms with Crippen molar-refractivity contribution >= 4 is 17.5 Å². The fourth-order valence-corrected chi connectivity index (χ4v) is 2.02. The highest BCUT2D eigenvalue weighted by molar-refractivity contribution is 6.35. The smallest absolute Gasteiger partial charge is 0.349 e. The zero-order chi connectivity index (χ0) is 19.0. The van der Waals surface area contributed by atoms with Crippen molar-refractivity contribution in [2.75, 3.05) is 0 Å². The second-order valence-corrected chi connectivity index (χ2v) is 5.36. The molecule has 1 N–H and O–H groups in total. The summed E-state index contributed by atoms with van der Waals surface area (Å²) in [4.78, 5) is 11.8. The predicted molar refractivity (Wildman–Crippen MR) is 74.9 cm³/mol. The molecular formula is C14H9ClF6N2O2. The highest BCUT2D eigenvalue weighted by Crippen LogP contribution is 2.34. The van der Waals surface area contributed by atoms with Crippen LogP contribution in [-0.2, 0) is 6.18 Å². The zero-order valence-electron chi connectivity index (χ0n) is 12.3. The van der Waals surface area contributed by atoms with E-state index in [2.05, 4.69) is 9.68 Å². The Morgan fingerprint density at radius 3 is 2.20 bits per heavy atom. The van der Waals surface area contributed by atoms with E-state index in [1.54, 1.807) is 5.32 Å². The maximum atomic E-state index is 12.5. The molecule has 0 aliphatic rings. The number of hydrogen-bond acceptors (Lipinski definition) is 3. The number of carbonyl (C=O) groups is 1. The molecule has 0 aliphatic heterocycles. The minimum Gasteiger partial charge on any atom is -0.349 e. The van der Waals surface area contributed by atoms with Gasteiger partial charge < -0.3 is 9.84 Å². The summed E-state index contributed by atoms with van der Waals surface area (Å²) < 4.78 is 79.5. The lowest BCUT2D eigenvalue weighted by Crippen LogP contribution is -2.43. The van der Waals surface area contributed by atoms with Gasteiger partial charge in [-0.25, -0.2) is 0 Å². The van der Waals surface area contributed by atoms with Gasteiger partial charge >= 0.3 is 12.4 Å². The topological polar surface area (TPSA) is 55.1 Å². The number of nitrogens with zero attached hydrogens (tertiary/aromatic N) is 1. The van der Waals surface area contributed by atoms with E-state index in [0.717, 1.165) is 31.2 Å². The Hall–Kier alpha value is -2.23. The van der Waals surface area contributed by atoms with Gasteiger partial charge in [-0.1, -0.05) is 28.9 Å². The van der Waals surface area contributed by atoms with Crippen molar-refractivity contribution in [2.45, 2.75) is 25.3 Å². The van der Waals surface area contributed by atoms with Crippen LogP contribution in [0, 0.1) is 0 Å². The average molecular weight is 387 g/mol. The van der Waals surface area contributed by atoms with Crippen molar-refractivity contribution in [3.8, 4) is 11.3 Å². The lowest BCUT2D eigenvalue weighted by molar-refractivity contribution is -0.149. The van der Waals surface area contributed by atoms with Gasteiger partial charge in [-0.05, 0) is 19.1 Å². The third-order valence-corrected chi connectivity index (χ3v) is 3.52. The standard InChI is InChI=1S/C14H9ClF6N2O2/c1-6(13(16,17)18)22-12(24)11-9(15)10(23-25-11)7-2-4-8(5-3-7)14(19,20)21/h2-6H,1H3,(H,22,24)/t6-/m0/s1. The molecule has 1 heterocycles. The lowest BCUT2D eigenvalue weighted by atomic mass is 10.1.